The zero-order valence-corrected chi connectivity index (χ0v) is 16.5. The van der Waals surface area contributed by atoms with Crippen LogP contribution < -0.4 is 0 Å². The predicted molar refractivity (Wildman–Crippen MR) is 98.2 cm³/mol. The van der Waals surface area contributed by atoms with Gasteiger partial charge in [0, 0.05) is 12.8 Å². The lowest BCUT2D eigenvalue weighted by Gasteiger charge is -2.16. The summed E-state index contributed by atoms with van der Waals surface area (Å²) in [6.45, 7) is 3.14. The average molecular weight is 394 g/mol. The molecule has 0 N–H and O–H groups in total. The van der Waals surface area contributed by atoms with Crippen molar-refractivity contribution in [3.63, 3.8) is 0 Å². The van der Waals surface area contributed by atoms with Gasteiger partial charge in [-0.15, -0.1) is 0 Å². The van der Waals surface area contributed by atoms with E-state index in [1.807, 2.05) is 6.08 Å². The molecule has 0 aromatic carbocycles. The standard InChI is InChI=1S/C20H33F3O4/c1-3-4-5-6-7-8-9-10-11-12-16-26-18(24)14-13-15-19(25)27-17(2)20(21,22)23/h11-12,17H,3-10,13-16H2,1-2H3/b12-11+. The molecule has 4 nitrogen and oxygen atoms in total. The summed E-state index contributed by atoms with van der Waals surface area (Å²) in [4.78, 5) is 22.7. The van der Waals surface area contributed by atoms with Crippen LogP contribution in [0.4, 0.5) is 13.2 Å². The van der Waals surface area contributed by atoms with E-state index in [2.05, 4.69) is 11.7 Å². The van der Waals surface area contributed by atoms with Crippen LogP contribution >= 0.6 is 0 Å². The molecule has 0 heterocycles. The summed E-state index contributed by atoms with van der Waals surface area (Å²) in [5.74, 6) is -1.45. The predicted octanol–water partition coefficient (Wildman–Crippen LogP) is 5.89. The molecule has 158 valence electrons. The number of esters is 2. The molecule has 0 aromatic heterocycles. The zero-order chi connectivity index (χ0) is 20.5. The van der Waals surface area contributed by atoms with Gasteiger partial charge in [-0.05, 0) is 26.2 Å². The van der Waals surface area contributed by atoms with Gasteiger partial charge in [0.25, 0.3) is 0 Å². The fourth-order valence-corrected chi connectivity index (χ4v) is 2.32. The monoisotopic (exact) mass is 394 g/mol. The van der Waals surface area contributed by atoms with Crippen LogP contribution in [-0.4, -0.2) is 30.8 Å². The fourth-order valence-electron chi connectivity index (χ4n) is 2.32. The smallest absolute Gasteiger partial charge is 0.425 e. The van der Waals surface area contributed by atoms with Gasteiger partial charge >= 0.3 is 18.1 Å². The summed E-state index contributed by atoms with van der Waals surface area (Å²) in [7, 11) is 0. The second-order valence-electron chi connectivity index (χ2n) is 6.59. The van der Waals surface area contributed by atoms with Crippen molar-refractivity contribution in [3.05, 3.63) is 12.2 Å². The Balaban J connectivity index is 3.57. The molecule has 0 amide bonds. The number of rotatable bonds is 15. The first-order valence-electron chi connectivity index (χ1n) is 9.84. The molecule has 0 saturated carbocycles. The van der Waals surface area contributed by atoms with E-state index in [-0.39, 0.29) is 25.9 Å². The number of allylic oxidation sites excluding steroid dienone is 1. The van der Waals surface area contributed by atoms with Crippen molar-refractivity contribution < 1.29 is 32.2 Å². The van der Waals surface area contributed by atoms with Gasteiger partial charge < -0.3 is 9.47 Å². The van der Waals surface area contributed by atoms with E-state index < -0.39 is 24.2 Å². The summed E-state index contributed by atoms with van der Waals surface area (Å²) in [6.07, 6.45) is 6.57. The maximum atomic E-state index is 12.2. The highest BCUT2D eigenvalue weighted by Crippen LogP contribution is 2.22. The quantitative estimate of drug-likeness (QED) is 0.197. The first-order chi connectivity index (χ1) is 12.8. The Morgan fingerprint density at radius 2 is 1.48 bits per heavy atom. The van der Waals surface area contributed by atoms with E-state index in [9.17, 15) is 22.8 Å². The van der Waals surface area contributed by atoms with Gasteiger partial charge in [0.05, 0.1) is 0 Å². The van der Waals surface area contributed by atoms with E-state index in [0.29, 0.717) is 0 Å². The highest BCUT2D eigenvalue weighted by molar-refractivity contribution is 5.72. The molecule has 1 unspecified atom stereocenters. The number of unbranched alkanes of at least 4 members (excludes halogenated alkanes) is 7. The van der Waals surface area contributed by atoms with Crippen molar-refractivity contribution in [1.82, 2.24) is 0 Å². The third kappa shape index (κ3) is 16.4. The summed E-state index contributed by atoms with van der Waals surface area (Å²) in [5, 5.41) is 0. The number of hydrogen-bond acceptors (Lipinski definition) is 4. The largest absolute Gasteiger partial charge is 0.461 e. The van der Waals surface area contributed by atoms with Crippen LogP contribution in [0.1, 0.15) is 84.5 Å². The lowest BCUT2D eigenvalue weighted by atomic mass is 10.1. The summed E-state index contributed by atoms with van der Waals surface area (Å²) >= 11 is 0. The lowest BCUT2D eigenvalue weighted by Crippen LogP contribution is -2.30. The first kappa shape index (κ1) is 25.5. The third-order valence-electron chi connectivity index (χ3n) is 4.01. The van der Waals surface area contributed by atoms with E-state index >= 15 is 0 Å². The van der Waals surface area contributed by atoms with Crippen molar-refractivity contribution >= 4 is 11.9 Å². The van der Waals surface area contributed by atoms with Crippen LogP contribution in [0.15, 0.2) is 12.2 Å². The molecule has 1 atom stereocenters. The second-order valence-corrected chi connectivity index (χ2v) is 6.59. The topological polar surface area (TPSA) is 52.6 Å². The number of hydrogen-bond donors (Lipinski definition) is 0. The normalized spacial score (nSPS) is 12.9. The van der Waals surface area contributed by atoms with E-state index in [0.717, 1.165) is 19.8 Å². The average Bonchev–Trinajstić information content (AvgIpc) is 2.58. The summed E-state index contributed by atoms with van der Waals surface area (Å²) < 4.78 is 45.9. The van der Waals surface area contributed by atoms with Gasteiger partial charge in [-0.3, -0.25) is 9.59 Å². The van der Waals surface area contributed by atoms with Crippen LogP contribution in [-0.2, 0) is 19.1 Å². The van der Waals surface area contributed by atoms with Crippen LogP contribution in [0.25, 0.3) is 0 Å². The van der Waals surface area contributed by atoms with Crippen LogP contribution in [0.3, 0.4) is 0 Å². The molecule has 0 rings (SSSR count). The zero-order valence-electron chi connectivity index (χ0n) is 16.5. The Bertz CT molecular complexity index is 433. The van der Waals surface area contributed by atoms with Gasteiger partial charge in [0.15, 0.2) is 6.10 Å². The first-order valence-corrected chi connectivity index (χ1v) is 9.84. The Kier molecular flexibility index (Phi) is 14.6. The maximum absolute atomic E-state index is 12.2. The van der Waals surface area contributed by atoms with Gasteiger partial charge in [-0.2, -0.15) is 13.2 Å². The molecule has 0 bridgehead atoms. The van der Waals surface area contributed by atoms with Crippen molar-refractivity contribution in [2.75, 3.05) is 6.61 Å². The summed E-state index contributed by atoms with van der Waals surface area (Å²) in [6, 6.07) is 0. The molecule has 0 fully saturated rings. The minimum atomic E-state index is -4.57. The van der Waals surface area contributed by atoms with Crippen molar-refractivity contribution in [1.29, 1.82) is 0 Å². The highest BCUT2D eigenvalue weighted by atomic mass is 19.4. The van der Waals surface area contributed by atoms with Crippen molar-refractivity contribution in [2.24, 2.45) is 0 Å². The molecule has 7 heteroatoms. The fraction of sp³-hybridized carbons (Fsp3) is 0.800. The SMILES string of the molecule is CCCCCCCCC/C=C/COC(=O)CCCC(=O)OC(C)C(F)(F)F. The number of ether oxygens (including phenoxy) is 2. The molecule has 0 radical (unpaired) electrons. The van der Waals surface area contributed by atoms with Gasteiger partial charge in [-0.25, -0.2) is 0 Å². The van der Waals surface area contributed by atoms with Crippen molar-refractivity contribution in [2.45, 2.75) is 96.8 Å². The molecule has 0 aliphatic carbocycles. The van der Waals surface area contributed by atoms with E-state index in [1.54, 1.807) is 6.08 Å². The second kappa shape index (κ2) is 15.5. The Hall–Kier alpha value is -1.53. The van der Waals surface area contributed by atoms with Crippen molar-refractivity contribution in [3.8, 4) is 0 Å². The van der Waals surface area contributed by atoms with E-state index in [1.165, 1.54) is 38.5 Å². The Labute approximate surface area is 160 Å². The molecular weight excluding hydrogens is 361 g/mol. The molecule has 0 spiro atoms. The van der Waals surface area contributed by atoms with Crippen LogP contribution in [0, 0.1) is 0 Å². The van der Waals surface area contributed by atoms with E-state index in [4.69, 9.17) is 4.74 Å². The highest BCUT2D eigenvalue weighted by Gasteiger charge is 2.38. The molecule has 27 heavy (non-hydrogen) atoms. The van der Waals surface area contributed by atoms with Gasteiger partial charge in [0.1, 0.15) is 6.61 Å². The van der Waals surface area contributed by atoms with Crippen LogP contribution in [0.2, 0.25) is 0 Å². The van der Waals surface area contributed by atoms with Crippen LogP contribution in [0.5, 0.6) is 0 Å². The molecular formula is C20H33F3O4. The minimum absolute atomic E-state index is 0.0267. The number of alkyl halides is 3. The Morgan fingerprint density at radius 3 is 2.11 bits per heavy atom. The number of carbonyl (C=O) groups is 2. The van der Waals surface area contributed by atoms with Gasteiger partial charge in [0.2, 0.25) is 0 Å². The molecule has 0 aromatic rings. The lowest BCUT2D eigenvalue weighted by molar-refractivity contribution is -0.216. The van der Waals surface area contributed by atoms with Gasteiger partial charge in [-0.1, -0.05) is 57.6 Å². The Morgan fingerprint density at radius 1 is 0.889 bits per heavy atom. The number of halogens is 3. The molecule has 0 aliphatic rings. The number of carbonyl (C=O) groups excluding carboxylic acids is 2. The summed E-state index contributed by atoms with van der Waals surface area (Å²) in [5.41, 5.74) is 0. The third-order valence-corrected chi connectivity index (χ3v) is 4.01. The minimum Gasteiger partial charge on any atom is -0.461 e. The molecule has 0 saturated heterocycles. The maximum Gasteiger partial charge on any atom is 0.425 e. The molecule has 0 aliphatic heterocycles.